The quantitative estimate of drug-likeness (QED) is 0.652. The fourth-order valence-electron chi connectivity index (χ4n) is 2.24. The van der Waals surface area contributed by atoms with Gasteiger partial charge in [0.25, 0.3) is 0 Å². The number of nitrogens with one attached hydrogen (secondary N) is 1. The third-order valence-electron chi connectivity index (χ3n) is 3.48. The Morgan fingerprint density at radius 3 is 2.50 bits per heavy atom. The van der Waals surface area contributed by atoms with Crippen LogP contribution >= 0.6 is 24.0 Å². The highest BCUT2D eigenvalue weighted by Crippen LogP contribution is 2.13. The Hall–Kier alpha value is -1.66. The van der Waals surface area contributed by atoms with Gasteiger partial charge in [-0.1, -0.05) is 29.8 Å². The highest BCUT2D eigenvalue weighted by molar-refractivity contribution is 6.29. The molecule has 0 amide bonds. The van der Waals surface area contributed by atoms with Gasteiger partial charge in [-0.25, -0.2) is 9.78 Å². The van der Waals surface area contributed by atoms with Crippen LogP contribution in [0.3, 0.4) is 0 Å². The van der Waals surface area contributed by atoms with Gasteiger partial charge in [-0.15, -0.1) is 12.4 Å². The van der Waals surface area contributed by atoms with Crippen molar-refractivity contribution in [2.45, 2.75) is 25.5 Å². The predicted molar refractivity (Wildman–Crippen MR) is 96.0 cm³/mol. The normalized spacial score (nSPS) is 13.0. The predicted octanol–water partition coefficient (Wildman–Crippen LogP) is 3.11. The summed E-state index contributed by atoms with van der Waals surface area (Å²) in [4.78, 5) is 14.9. The number of rotatable bonds is 7. The van der Waals surface area contributed by atoms with E-state index in [1.165, 1.54) is 0 Å². The van der Waals surface area contributed by atoms with Crippen LogP contribution < -0.4 is 5.32 Å². The summed E-state index contributed by atoms with van der Waals surface area (Å²) < 4.78 is 0. The van der Waals surface area contributed by atoms with Gasteiger partial charge >= 0.3 is 5.97 Å². The summed E-state index contributed by atoms with van der Waals surface area (Å²) in [6, 6.07) is 12.1. The standard InChI is InChI=1S/C17H19ClN2O3.ClH/c1-11(9-12-5-7-13(8-6-12)17(22)23)19-10-15(21)14-3-2-4-16(18)20-14;/h2-8,11,15,19,21H,9-10H2,1H3,(H,22,23);1H/t11-,15+;/m1./s1. The zero-order valence-electron chi connectivity index (χ0n) is 13.1. The van der Waals surface area contributed by atoms with Crippen molar-refractivity contribution in [1.29, 1.82) is 0 Å². The smallest absolute Gasteiger partial charge is 0.335 e. The number of benzene rings is 1. The largest absolute Gasteiger partial charge is 0.478 e. The van der Waals surface area contributed by atoms with Crippen molar-refractivity contribution in [1.82, 2.24) is 10.3 Å². The minimum atomic E-state index is -0.931. The summed E-state index contributed by atoms with van der Waals surface area (Å²) in [6.07, 6.45) is 0.000755. The Morgan fingerprint density at radius 1 is 1.25 bits per heavy atom. The SMILES string of the molecule is C[C@H](Cc1ccc(C(=O)O)cc1)NC[C@H](O)c1cccc(Cl)n1.Cl. The van der Waals surface area contributed by atoms with Crippen LogP contribution in [-0.4, -0.2) is 33.8 Å². The number of pyridine rings is 1. The highest BCUT2D eigenvalue weighted by atomic mass is 35.5. The van der Waals surface area contributed by atoms with Crippen LogP contribution in [0.4, 0.5) is 0 Å². The molecule has 0 aliphatic heterocycles. The zero-order valence-corrected chi connectivity index (χ0v) is 14.7. The van der Waals surface area contributed by atoms with Gasteiger partial charge < -0.3 is 15.5 Å². The van der Waals surface area contributed by atoms with Crippen molar-refractivity contribution in [3.8, 4) is 0 Å². The number of carboxylic acids is 1. The Kier molecular flexibility index (Phi) is 8.15. The molecule has 0 aliphatic carbocycles. The number of aromatic nitrogens is 1. The van der Waals surface area contributed by atoms with Crippen LogP contribution in [0.15, 0.2) is 42.5 Å². The van der Waals surface area contributed by atoms with Gasteiger partial charge in [0.2, 0.25) is 0 Å². The van der Waals surface area contributed by atoms with Crippen molar-refractivity contribution in [2.24, 2.45) is 0 Å². The van der Waals surface area contributed by atoms with Crippen molar-refractivity contribution in [2.75, 3.05) is 6.54 Å². The topological polar surface area (TPSA) is 82.5 Å². The summed E-state index contributed by atoms with van der Waals surface area (Å²) in [6.45, 7) is 2.37. The number of hydrogen-bond acceptors (Lipinski definition) is 4. The van der Waals surface area contributed by atoms with E-state index in [1.54, 1.807) is 42.5 Å². The average Bonchev–Trinajstić information content (AvgIpc) is 2.53. The molecule has 7 heteroatoms. The Morgan fingerprint density at radius 2 is 1.92 bits per heavy atom. The molecule has 5 nitrogen and oxygen atoms in total. The van der Waals surface area contributed by atoms with Crippen LogP contribution in [0, 0.1) is 0 Å². The van der Waals surface area contributed by atoms with Crippen LogP contribution in [0.25, 0.3) is 0 Å². The minimum Gasteiger partial charge on any atom is -0.478 e. The zero-order chi connectivity index (χ0) is 16.8. The number of nitrogens with zero attached hydrogens (tertiary/aromatic N) is 1. The molecular formula is C17H20Cl2N2O3. The second kappa shape index (κ2) is 9.59. The molecule has 24 heavy (non-hydrogen) atoms. The van der Waals surface area contributed by atoms with E-state index in [0.29, 0.717) is 17.4 Å². The van der Waals surface area contributed by atoms with E-state index in [2.05, 4.69) is 10.3 Å². The number of aliphatic hydroxyl groups is 1. The van der Waals surface area contributed by atoms with Crippen molar-refractivity contribution in [3.63, 3.8) is 0 Å². The van der Waals surface area contributed by atoms with E-state index < -0.39 is 12.1 Å². The molecule has 0 aliphatic rings. The summed E-state index contributed by atoms with van der Waals surface area (Å²) in [5.41, 5.74) is 1.84. The first-order valence-corrected chi connectivity index (χ1v) is 7.69. The molecule has 0 bridgehead atoms. The molecule has 0 spiro atoms. The summed E-state index contributed by atoms with van der Waals surface area (Å²) >= 11 is 5.81. The second-order valence-corrected chi connectivity index (χ2v) is 5.80. The molecule has 0 unspecified atom stereocenters. The number of hydrogen-bond donors (Lipinski definition) is 3. The van der Waals surface area contributed by atoms with Crippen LogP contribution in [0.1, 0.15) is 34.6 Å². The summed E-state index contributed by atoms with van der Waals surface area (Å²) in [7, 11) is 0. The lowest BCUT2D eigenvalue weighted by Gasteiger charge is -2.17. The Labute approximate surface area is 152 Å². The Balaban J connectivity index is 0.00000288. The molecule has 1 aromatic carbocycles. The molecule has 1 heterocycles. The molecular weight excluding hydrogens is 351 g/mol. The van der Waals surface area contributed by atoms with Gasteiger partial charge in [0.1, 0.15) is 11.3 Å². The van der Waals surface area contributed by atoms with E-state index >= 15 is 0 Å². The molecule has 3 N–H and O–H groups in total. The molecule has 0 fully saturated rings. The fraction of sp³-hybridized carbons (Fsp3) is 0.294. The van der Waals surface area contributed by atoms with Gasteiger partial charge in [-0.05, 0) is 43.2 Å². The van der Waals surface area contributed by atoms with E-state index in [0.717, 1.165) is 12.0 Å². The number of aromatic carboxylic acids is 1. The number of carbonyl (C=O) groups is 1. The lowest BCUT2D eigenvalue weighted by Crippen LogP contribution is -2.32. The molecule has 0 saturated carbocycles. The monoisotopic (exact) mass is 370 g/mol. The summed E-state index contributed by atoms with van der Waals surface area (Å²) in [5.74, 6) is -0.931. The average molecular weight is 371 g/mol. The molecule has 2 aromatic rings. The fourth-order valence-corrected chi connectivity index (χ4v) is 2.41. The van der Waals surface area contributed by atoms with Gasteiger partial charge in [0, 0.05) is 12.6 Å². The van der Waals surface area contributed by atoms with E-state index in [4.69, 9.17) is 16.7 Å². The third-order valence-corrected chi connectivity index (χ3v) is 3.69. The highest BCUT2D eigenvalue weighted by Gasteiger charge is 2.12. The molecule has 1 aromatic heterocycles. The lowest BCUT2D eigenvalue weighted by molar-refractivity contribution is 0.0697. The van der Waals surface area contributed by atoms with Gasteiger partial charge in [-0.3, -0.25) is 0 Å². The first-order valence-electron chi connectivity index (χ1n) is 7.32. The maximum absolute atomic E-state index is 10.8. The van der Waals surface area contributed by atoms with Crippen LogP contribution in [0.5, 0.6) is 0 Å². The van der Waals surface area contributed by atoms with Crippen molar-refractivity contribution in [3.05, 3.63) is 64.4 Å². The third kappa shape index (κ3) is 6.09. The van der Waals surface area contributed by atoms with E-state index in [-0.39, 0.29) is 24.0 Å². The van der Waals surface area contributed by atoms with Crippen LogP contribution in [-0.2, 0) is 6.42 Å². The van der Waals surface area contributed by atoms with E-state index in [1.807, 2.05) is 6.92 Å². The van der Waals surface area contributed by atoms with Gasteiger partial charge in [0.15, 0.2) is 0 Å². The molecule has 130 valence electrons. The number of carboxylic acid groups (broad SMARTS) is 1. The van der Waals surface area contributed by atoms with Gasteiger partial charge in [0.05, 0.1) is 11.3 Å². The molecule has 2 rings (SSSR count). The van der Waals surface area contributed by atoms with Gasteiger partial charge in [-0.2, -0.15) is 0 Å². The number of aliphatic hydroxyl groups excluding tert-OH is 1. The molecule has 0 saturated heterocycles. The second-order valence-electron chi connectivity index (χ2n) is 5.42. The maximum Gasteiger partial charge on any atom is 0.335 e. The lowest BCUT2D eigenvalue weighted by atomic mass is 10.0. The van der Waals surface area contributed by atoms with Crippen molar-refractivity contribution < 1.29 is 15.0 Å². The van der Waals surface area contributed by atoms with Crippen LogP contribution in [0.2, 0.25) is 5.15 Å². The Bertz CT molecular complexity index is 665. The molecule has 2 atom stereocenters. The first kappa shape index (κ1) is 20.4. The van der Waals surface area contributed by atoms with Crippen molar-refractivity contribution >= 4 is 30.0 Å². The van der Waals surface area contributed by atoms with E-state index in [9.17, 15) is 9.90 Å². The number of halogens is 2. The first-order chi connectivity index (χ1) is 11.0. The maximum atomic E-state index is 10.8. The summed E-state index contributed by atoms with van der Waals surface area (Å²) in [5, 5.41) is 22.6. The minimum absolute atomic E-state index is 0. The molecule has 0 radical (unpaired) electrons.